The van der Waals surface area contributed by atoms with Crippen molar-refractivity contribution in [3.05, 3.63) is 29.3 Å². The molecule has 1 aliphatic heterocycles. The standard InChI is InChI=1S/C15H21ClN2O2/c1-2-9-18-10-7-15(8-11-18,14(19)20)17-13-5-3-12(16)4-6-13/h3-6,17H,2,7-11H2,1H3,(H,19,20). The Morgan fingerprint density at radius 1 is 1.35 bits per heavy atom. The molecule has 5 heteroatoms. The third-order valence-electron chi connectivity index (χ3n) is 3.89. The summed E-state index contributed by atoms with van der Waals surface area (Å²) in [6, 6.07) is 7.19. The zero-order chi connectivity index (χ0) is 14.6. The SMILES string of the molecule is CCCN1CCC(Nc2ccc(Cl)cc2)(C(=O)O)CC1. The van der Waals surface area contributed by atoms with E-state index in [1.54, 1.807) is 12.1 Å². The molecule has 4 nitrogen and oxygen atoms in total. The summed E-state index contributed by atoms with van der Waals surface area (Å²) in [6.45, 7) is 4.82. The first-order valence-electron chi connectivity index (χ1n) is 7.05. The van der Waals surface area contributed by atoms with E-state index in [0.29, 0.717) is 17.9 Å². The Balaban J connectivity index is 2.08. The Labute approximate surface area is 124 Å². The van der Waals surface area contributed by atoms with E-state index in [4.69, 9.17) is 11.6 Å². The minimum Gasteiger partial charge on any atom is -0.480 e. The van der Waals surface area contributed by atoms with Crippen LogP contribution in [0.1, 0.15) is 26.2 Å². The molecule has 20 heavy (non-hydrogen) atoms. The molecule has 0 unspecified atom stereocenters. The molecule has 1 fully saturated rings. The fraction of sp³-hybridized carbons (Fsp3) is 0.533. The number of nitrogens with zero attached hydrogens (tertiary/aromatic N) is 1. The number of aliphatic carboxylic acids is 1. The zero-order valence-electron chi connectivity index (χ0n) is 11.7. The van der Waals surface area contributed by atoms with Crippen LogP contribution in [0.5, 0.6) is 0 Å². The van der Waals surface area contributed by atoms with Crippen LogP contribution in [-0.4, -0.2) is 41.1 Å². The maximum absolute atomic E-state index is 11.7. The van der Waals surface area contributed by atoms with Gasteiger partial charge in [0.05, 0.1) is 0 Å². The van der Waals surface area contributed by atoms with Crippen molar-refractivity contribution in [2.45, 2.75) is 31.7 Å². The number of benzene rings is 1. The Kier molecular flexibility index (Phi) is 4.89. The van der Waals surface area contributed by atoms with Gasteiger partial charge in [-0.05, 0) is 50.1 Å². The summed E-state index contributed by atoms with van der Waals surface area (Å²) in [5.74, 6) is -0.774. The summed E-state index contributed by atoms with van der Waals surface area (Å²) in [7, 11) is 0. The molecule has 0 aliphatic carbocycles. The molecule has 0 radical (unpaired) electrons. The van der Waals surface area contributed by atoms with Crippen molar-refractivity contribution in [1.82, 2.24) is 4.90 Å². The number of piperidine rings is 1. The Hall–Kier alpha value is -1.26. The number of halogens is 1. The minimum atomic E-state index is -0.863. The largest absolute Gasteiger partial charge is 0.480 e. The Bertz CT molecular complexity index is 453. The van der Waals surface area contributed by atoms with Crippen molar-refractivity contribution >= 4 is 23.3 Å². The number of hydrogen-bond donors (Lipinski definition) is 2. The first kappa shape index (κ1) is 15.1. The highest BCUT2D eigenvalue weighted by atomic mass is 35.5. The lowest BCUT2D eigenvalue weighted by Crippen LogP contribution is -2.54. The molecule has 1 saturated heterocycles. The maximum Gasteiger partial charge on any atom is 0.329 e. The highest BCUT2D eigenvalue weighted by molar-refractivity contribution is 6.30. The van der Waals surface area contributed by atoms with Gasteiger partial charge in [0.1, 0.15) is 5.54 Å². The number of likely N-dealkylation sites (tertiary alicyclic amines) is 1. The van der Waals surface area contributed by atoms with Crippen LogP contribution in [0.4, 0.5) is 5.69 Å². The molecule has 0 bridgehead atoms. The molecular weight excluding hydrogens is 276 g/mol. The van der Waals surface area contributed by atoms with Crippen LogP contribution in [0.25, 0.3) is 0 Å². The summed E-state index contributed by atoms with van der Waals surface area (Å²) in [4.78, 5) is 14.0. The second-order valence-electron chi connectivity index (χ2n) is 5.36. The lowest BCUT2D eigenvalue weighted by Gasteiger charge is -2.39. The van der Waals surface area contributed by atoms with Gasteiger partial charge in [-0.1, -0.05) is 18.5 Å². The van der Waals surface area contributed by atoms with E-state index in [1.165, 1.54) is 0 Å². The minimum absolute atomic E-state index is 0.616. The van der Waals surface area contributed by atoms with Gasteiger partial charge in [-0.2, -0.15) is 0 Å². The number of nitrogens with one attached hydrogen (secondary N) is 1. The molecule has 0 spiro atoms. The molecule has 1 aromatic rings. The van der Waals surface area contributed by atoms with Gasteiger partial charge in [0.15, 0.2) is 0 Å². The first-order chi connectivity index (χ1) is 9.55. The number of carbonyl (C=O) groups is 1. The Morgan fingerprint density at radius 2 is 1.95 bits per heavy atom. The van der Waals surface area contributed by atoms with Crippen LogP contribution >= 0.6 is 11.6 Å². The third-order valence-corrected chi connectivity index (χ3v) is 4.14. The summed E-state index contributed by atoms with van der Waals surface area (Å²) in [5.41, 5.74) is -0.0568. The summed E-state index contributed by atoms with van der Waals surface area (Å²) < 4.78 is 0. The number of anilines is 1. The maximum atomic E-state index is 11.7. The van der Waals surface area contributed by atoms with Gasteiger partial charge in [0.2, 0.25) is 0 Å². The average Bonchev–Trinajstić information content (AvgIpc) is 2.44. The fourth-order valence-corrected chi connectivity index (χ4v) is 2.80. The molecule has 1 aliphatic rings. The second-order valence-corrected chi connectivity index (χ2v) is 5.80. The van der Waals surface area contributed by atoms with Crippen LogP contribution < -0.4 is 5.32 Å². The molecule has 2 rings (SSSR count). The van der Waals surface area contributed by atoms with Crippen LogP contribution in [0.3, 0.4) is 0 Å². The van der Waals surface area contributed by atoms with Crippen molar-refractivity contribution in [3.8, 4) is 0 Å². The quantitative estimate of drug-likeness (QED) is 0.877. The van der Waals surface area contributed by atoms with E-state index in [1.807, 2.05) is 12.1 Å². The normalized spacial score (nSPS) is 18.7. The molecule has 0 atom stereocenters. The van der Waals surface area contributed by atoms with Crippen molar-refractivity contribution in [1.29, 1.82) is 0 Å². The highest BCUT2D eigenvalue weighted by Crippen LogP contribution is 2.28. The molecule has 0 saturated carbocycles. The van der Waals surface area contributed by atoms with Crippen LogP contribution in [0.15, 0.2) is 24.3 Å². The topological polar surface area (TPSA) is 52.6 Å². The smallest absolute Gasteiger partial charge is 0.329 e. The molecular formula is C15H21ClN2O2. The van der Waals surface area contributed by atoms with Gasteiger partial charge in [-0.15, -0.1) is 0 Å². The van der Waals surface area contributed by atoms with E-state index in [9.17, 15) is 9.90 Å². The predicted molar refractivity (Wildman–Crippen MR) is 81.4 cm³/mol. The number of carboxylic acids is 1. The van der Waals surface area contributed by atoms with Gasteiger partial charge in [0, 0.05) is 23.8 Å². The van der Waals surface area contributed by atoms with Crippen molar-refractivity contribution in [3.63, 3.8) is 0 Å². The summed E-state index contributed by atoms with van der Waals surface area (Å²) in [6.07, 6.45) is 2.33. The van der Waals surface area contributed by atoms with E-state index in [2.05, 4.69) is 17.1 Å². The van der Waals surface area contributed by atoms with Crippen LogP contribution in [0, 0.1) is 0 Å². The lowest BCUT2D eigenvalue weighted by molar-refractivity contribution is -0.144. The average molecular weight is 297 g/mol. The zero-order valence-corrected chi connectivity index (χ0v) is 12.5. The lowest BCUT2D eigenvalue weighted by atomic mass is 9.87. The van der Waals surface area contributed by atoms with Gasteiger partial charge in [0.25, 0.3) is 0 Å². The van der Waals surface area contributed by atoms with E-state index in [-0.39, 0.29) is 0 Å². The van der Waals surface area contributed by atoms with Crippen LogP contribution in [0.2, 0.25) is 5.02 Å². The van der Waals surface area contributed by atoms with Crippen LogP contribution in [-0.2, 0) is 4.79 Å². The highest BCUT2D eigenvalue weighted by Gasteiger charge is 2.41. The number of hydrogen-bond acceptors (Lipinski definition) is 3. The fourth-order valence-electron chi connectivity index (χ4n) is 2.68. The van der Waals surface area contributed by atoms with E-state index >= 15 is 0 Å². The Morgan fingerprint density at radius 3 is 2.45 bits per heavy atom. The second kappa shape index (κ2) is 6.46. The predicted octanol–water partition coefficient (Wildman–Crippen LogP) is 3.08. The number of rotatable bonds is 5. The summed E-state index contributed by atoms with van der Waals surface area (Å²) >= 11 is 5.85. The molecule has 0 amide bonds. The summed E-state index contributed by atoms with van der Waals surface area (Å²) in [5, 5.41) is 13.5. The van der Waals surface area contributed by atoms with Gasteiger partial charge in [-0.25, -0.2) is 4.79 Å². The molecule has 1 heterocycles. The van der Waals surface area contributed by atoms with Crippen molar-refractivity contribution in [2.75, 3.05) is 25.0 Å². The van der Waals surface area contributed by atoms with Gasteiger partial charge >= 0.3 is 5.97 Å². The molecule has 0 aromatic heterocycles. The monoisotopic (exact) mass is 296 g/mol. The van der Waals surface area contributed by atoms with Gasteiger partial charge in [-0.3, -0.25) is 0 Å². The third kappa shape index (κ3) is 3.44. The van der Waals surface area contributed by atoms with Crippen molar-refractivity contribution < 1.29 is 9.90 Å². The van der Waals surface area contributed by atoms with E-state index < -0.39 is 11.5 Å². The number of carboxylic acid groups (broad SMARTS) is 1. The molecule has 110 valence electrons. The van der Waals surface area contributed by atoms with E-state index in [0.717, 1.165) is 31.7 Å². The molecule has 1 aromatic carbocycles. The first-order valence-corrected chi connectivity index (χ1v) is 7.43. The molecule has 2 N–H and O–H groups in total. The van der Waals surface area contributed by atoms with Gasteiger partial charge < -0.3 is 15.3 Å². The van der Waals surface area contributed by atoms with Crippen molar-refractivity contribution in [2.24, 2.45) is 0 Å².